The third-order valence-corrected chi connectivity index (χ3v) is 8.08. The Morgan fingerprint density at radius 3 is 2.41 bits per heavy atom. The number of alkyl halides is 3. The highest BCUT2D eigenvalue weighted by Gasteiger charge is 2.31. The summed E-state index contributed by atoms with van der Waals surface area (Å²) in [5.41, 5.74) is 2.27. The molecule has 1 saturated heterocycles. The average Bonchev–Trinajstić information content (AvgIpc) is 3.44. The van der Waals surface area contributed by atoms with Crippen LogP contribution in [0.25, 0.3) is 11.2 Å². The molecule has 1 fully saturated rings. The summed E-state index contributed by atoms with van der Waals surface area (Å²) in [5.74, 6) is 1.86. The number of halogens is 3. The van der Waals surface area contributed by atoms with Crippen LogP contribution in [0.5, 0.6) is 5.75 Å². The minimum Gasteiger partial charge on any atom is -0.497 e. The summed E-state index contributed by atoms with van der Waals surface area (Å²) in [5, 5.41) is 3.43. The monoisotopic (exact) mass is 609 g/mol. The van der Waals surface area contributed by atoms with Crippen molar-refractivity contribution >= 4 is 28.8 Å². The van der Waals surface area contributed by atoms with Crippen molar-refractivity contribution in [3.63, 3.8) is 0 Å². The number of rotatable bonds is 11. The van der Waals surface area contributed by atoms with Gasteiger partial charge in [0.2, 0.25) is 11.9 Å². The lowest BCUT2D eigenvalue weighted by Gasteiger charge is -2.34. The van der Waals surface area contributed by atoms with Gasteiger partial charge in [-0.15, -0.1) is 0 Å². The van der Waals surface area contributed by atoms with Gasteiger partial charge in [-0.1, -0.05) is 24.3 Å². The number of fused-ring (bicyclic) bond motifs is 1. The quantitative estimate of drug-likeness (QED) is 0.236. The molecule has 0 spiro atoms. The number of hydrogen-bond donors (Lipinski definition) is 1. The van der Waals surface area contributed by atoms with Gasteiger partial charge in [0, 0.05) is 32.7 Å². The maximum Gasteiger partial charge on any atom is 0.416 e. The Morgan fingerprint density at radius 2 is 1.75 bits per heavy atom. The standard InChI is InChI=1S/C32H38F3N7O2/c1-4-40(5-2)30(43)24-7-6-18-41(20-24)31-38-28(36-17-16-22-10-14-26(44-3)15-11-22)27-29(39-31)42(21-37-27)19-23-8-12-25(13-9-23)32(33,34)35/h8-15,21,24H,4-7,16-20H2,1-3H3,(H,36,38,39). The lowest BCUT2D eigenvalue weighted by Crippen LogP contribution is -2.45. The molecular formula is C32H38F3N7O2. The largest absolute Gasteiger partial charge is 0.497 e. The molecule has 44 heavy (non-hydrogen) atoms. The van der Waals surface area contributed by atoms with Gasteiger partial charge in [0.25, 0.3) is 0 Å². The first-order chi connectivity index (χ1) is 21.2. The van der Waals surface area contributed by atoms with Gasteiger partial charge in [-0.05, 0) is 68.5 Å². The molecule has 1 aliphatic heterocycles. The van der Waals surface area contributed by atoms with E-state index < -0.39 is 11.7 Å². The summed E-state index contributed by atoms with van der Waals surface area (Å²) in [6, 6.07) is 13.0. The van der Waals surface area contributed by atoms with Gasteiger partial charge >= 0.3 is 6.18 Å². The smallest absolute Gasteiger partial charge is 0.416 e. The van der Waals surface area contributed by atoms with Crippen LogP contribution in [0.4, 0.5) is 24.9 Å². The Labute approximate surface area is 255 Å². The van der Waals surface area contributed by atoms with Crippen molar-refractivity contribution in [2.24, 2.45) is 5.92 Å². The second kappa shape index (κ2) is 13.5. The van der Waals surface area contributed by atoms with E-state index in [1.54, 1.807) is 13.4 Å². The van der Waals surface area contributed by atoms with Crippen LogP contribution in [-0.4, -0.2) is 70.2 Å². The number of carbonyl (C=O) groups is 1. The molecule has 2 aromatic heterocycles. The van der Waals surface area contributed by atoms with Crippen LogP contribution in [0.2, 0.25) is 0 Å². The van der Waals surface area contributed by atoms with E-state index in [2.05, 4.69) is 15.2 Å². The van der Waals surface area contributed by atoms with E-state index in [9.17, 15) is 18.0 Å². The molecule has 1 amide bonds. The lowest BCUT2D eigenvalue weighted by molar-refractivity contribution is -0.137. The van der Waals surface area contributed by atoms with E-state index in [-0.39, 0.29) is 11.8 Å². The van der Waals surface area contributed by atoms with Gasteiger partial charge in [-0.2, -0.15) is 23.1 Å². The number of nitrogens with one attached hydrogen (secondary N) is 1. The third-order valence-electron chi connectivity index (χ3n) is 8.08. The van der Waals surface area contributed by atoms with Gasteiger partial charge < -0.3 is 24.4 Å². The number of amides is 1. The molecule has 0 radical (unpaired) electrons. The fourth-order valence-electron chi connectivity index (χ4n) is 5.58. The Kier molecular flexibility index (Phi) is 9.55. The highest BCUT2D eigenvalue weighted by Crippen LogP contribution is 2.30. The van der Waals surface area contributed by atoms with E-state index in [4.69, 9.17) is 14.7 Å². The average molecular weight is 610 g/mol. The zero-order valence-corrected chi connectivity index (χ0v) is 25.3. The molecule has 4 aromatic rings. The Balaban J connectivity index is 1.43. The topological polar surface area (TPSA) is 88.4 Å². The van der Waals surface area contributed by atoms with Crippen molar-refractivity contribution in [3.05, 3.63) is 71.5 Å². The molecule has 1 N–H and O–H groups in total. The molecule has 3 heterocycles. The van der Waals surface area contributed by atoms with Crippen LogP contribution < -0.4 is 15.0 Å². The molecule has 1 aliphatic rings. The number of imidazole rings is 1. The van der Waals surface area contributed by atoms with Crippen LogP contribution in [-0.2, 0) is 23.9 Å². The summed E-state index contributed by atoms with van der Waals surface area (Å²) >= 11 is 0. The Bertz CT molecular complexity index is 1550. The van der Waals surface area contributed by atoms with E-state index in [1.807, 2.05) is 47.6 Å². The van der Waals surface area contributed by atoms with Crippen molar-refractivity contribution < 1.29 is 22.7 Å². The third kappa shape index (κ3) is 7.06. The van der Waals surface area contributed by atoms with Crippen molar-refractivity contribution in [1.29, 1.82) is 0 Å². The Morgan fingerprint density at radius 1 is 1.05 bits per heavy atom. The van der Waals surface area contributed by atoms with Gasteiger partial charge in [0.05, 0.1) is 31.5 Å². The van der Waals surface area contributed by atoms with Gasteiger partial charge in [-0.3, -0.25) is 4.79 Å². The number of aromatic nitrogens is 4. The molecule has 12 heteroatoms. The van der Waals surface area contributed by atoms with Crippen LogP contribution in [0, 0.1) is 5.92 Å². The number of benzene rings is 2. The first-order valence-electron chi connectivity index (χ1n) is 15.0. The minimum atomic E-state index is -4.40. The van der Waals surface area contributed by atoms with Gasteiger partial charge in [0.15, 0.2) is 17.0 Å². The lowest BCUT2D eigenvalue weighted by atomic mass is 9.96. The van der Waals surface area contributed by atoms with Crippen LogP contribution in [0.3, 0.4) is 0 Å². The van der Waals surface area contributed by atoms with E-state index >= 15 is 0 Å². The summed E-state index contributed by atoms with van der Waals surface area (Å²) in [6.07, 6.45) is -0.371. The molecule has 1 unspecified atom stereocenters. The number of hydrogen-bond acceptors (Lipinski definition) is 7. The van der Waals surface area contributed by atoms with E-state index in [0.717, 1.165) is 42.7 Å². The van der Waals surface area contributed by atoms with E-state index in [0.29, 0.717) is 67.8 Å². The summed E-state index contributed by atoms with van der Waals surface area (Å²) in [6.45, 7) is 7.41. The second-order valence-electron chi connectivity index (χ2n) is 10.9. The summed E-state index contributed by atoms with van der Waals surface area (Å²) in [4.78, 5) is 31.5. The predicted octanol–water partition coefficient (Wildman–Crippen LogP) is 5.64. The van der Waals surface area contributed by atoms with Crippen LogP contribution in [0.1, 0.15) is 43.4 Å². The summed E-state index contributed by atoms with van der Waals surface area (Å²) in [7, 11) is 1.63. The highest BCUT2D eigenvalue weighted by molar-refractivity contribution is 5.85. The second-order valence-corrected chi connectivity index (χ2v) is 10.9. The van der Waals surface area contributed by atoms with Gasteiger partial charge in [-0.25, -0.2) is 4.98 Å². The number of piperidine rings is 1. The van der Waals surface area contributed by atoms with Crippen molar-refractivity contribution in [2.45, 2.75) is 45.8 Å². The molecule has 2 aromatic carbocycles. The molecule has 0 bridgehead atoms. The van der Waals surface area contributed by atoms with Crippen molar-refractivity contribution in [1.82, 2.24) is 24.4 Å². The summed E-state index contributed by atoms with van der Waals surface area (Å²) < 4.78 is 46.4. The first kappa shape index (κ1) is 31.1. The maximum atomic E-state index is 13.2. The predicted molar refractivity (Wildman–Crippen MR) is 164 cm³/mol. The fraction of sp³-hybridized carbons (Fsp3) is 0.438. The maximum absolute atomic E-state index is 13.2. The number of ether oxygens (including phenoxy) is 1. The molecule has 0 aliphatic carbocycles. The molecule has 5 rings (SSSR count). The van der Waals surface area contributed by atoms with Crippen molar-refractivity contribution in [2.75, 3.05) is 50.1 Å². The zero-order chi connectivity index (χ0) is 31.3. The molecular weight excluding hydrogens is 571 g/mol. The zero-order valence-electron chi connectivity index (χ0n) is 25.3. The molecule has 0 saturated carbocycles. The first-order valence-corrected chi connectivity index (χ1v) is 15.0. The number of methoxy groups -OCH3 is 1. The van der Waals surface area contributed by atoms with Crippen molar-refractivity contribution in [3.8, 4) is 5.75 Å². The normalized spacial score (nSPS) is 15.4. The Hall–Kier alpha value is -4.35. The number of carbonyl (C=O) groups excluding carboxylic acids is 1. The number of anilines is 2. The molecule has 1 atom stereocenters. The minimum absolute atomic E-state index is 0.144. The SMILES string of the molecule is CCN(CC)C(=O)C1CCCN(c2nc(NCCc3ccc(OC)cc3)c3ncn(Cc4ccc(C(F)(F)F)cc4)c3n2)C1. The van der Waals surface area contributed by atoms with Crippen LogP contribution in [0.15, 0.2) is 54.9 Å². The number of nitrogens with zero attached hydrogens (tertiary/aromatic N) is 6. The molecule has 234 valence electrons. The fourth-order valence-corrected chi connectivity index (χ4v) is 5.58. The highest BCUT2D eigenvalue weighted by atomic mass is 19.4. The molecule has 9 nitrogen and oxygen atoms in total. The van der Waals surface area contributed by atoms with E-state index in [1.165, 1.54) is 12.1 Å². The van der Waals surface area contributed by atoms with Crippen LogP contribution >= 0.6 is 0 Å². The van der Waals surface area contributed by atoms with Gasteiger partial charge in [0.1, 0.15) is 5.75 Å².